The predicted molar refractivity (Wildman–Crippen MR) is 69.3 cm³/mol. The zero-order valence-electron chi connectivity index (χ0n) is 12.3. The van der Waals surface area contributed by atoms with E-state index in [-0.39, 0.29) is 40.8 Å². The van der Waals surface area contributed by atoms with E-state index in [2.05, 4.69) is 20.8 Å². The minimum absolute atomic E-state index is 0.137. The largest absolute Gasteiger partial charge is 0.362 e. The number of hydrogen-bond acceptors (Lipinski definition) is 3. The zero-order chi connectivity index (χ0) is 13.9. The van der Waals surface area contributed by atoms with E-state index in [0.29, 0.717) is 6.42 Å². The van der Waals surface area contributed by atoms with Gasteiger partial charge in [0.25, 0.3) is 0 Å². The van der Waals surface area contributed by atoms with Crippen molar-refractivity contribution < 1.29 is 14.3 Å². The normalized spacial score (nSPS) is 37.2. The Morgan fingerprint density at radius 1 is 1.11 bits per heavy atom. The van der Waals surface area contributed by atoms with Gasteiger partial charge in [0, 0.05) is 12.8 Å². The van der Waals surface area contributed by atoms with Crippen LogP contribution in [0.3, 0.4) is 0 Å². The van der Waals surface area contributed by atoms with E-state index in [4.69, 9.17) is 4.74 Å². The van der Waals surface area contributed by atoms with Gasteiger partial charge in [-0.1, -0.05) is 41.5 Å². The van der Waals surface area contributed by atoms with Crippen LogP contribution in [0, 0.1) is 16.7 Å². The van der Waals surface area contributed by atoms with Crippen molar-refractivity contribution in [2.24, 2.45) is 16.7 Å². The molecule has 2 heterocycles. The van der Waals surface area contributed by atoms with Crippen LogP contribution in [0.1, 0.15) is 54.4 Å². The summed E-state index contributed by atoms with van der Waals surface area (Å²) in [6, 6.07) is 0. The van der Waals surface area contributed by atoms with Crippen molar-refractivity contribution in [2.45, 2.75) is 66.1 Å². The average molecular weight is 252 g/mol. The van der Waals surface area contributed by atoms with Crippen LogP contribution in [0.15, 0.2) is 0 Å². The van der Waals surface area contributed by atoms with Crippen LogP contribution in [0.5, 0.6) is 0 Å². The third-order valence-corrected chi connectivity index (χ3v) is 4.42. The number of hydrogen-bond donors (Lipinski definition) is 0. The summed E-state index contributed by atoms with van der Waals surface area (Å²) >= 11 is 0. The molecule has 0 aromatic heterocycles. The lowest BCUT2D eigenvalue weighted by atomic mass is 9.67. The quantitative estimate of drug-likeness (QED) is 0.666. The Morgan fingerprint density at radius 2 is 1.67 bits per heavy atom. The number of rotatable bonds is 0. The number of ketones is 2. The van der Waals surface area contributed by atoms with Crippen molar-refractivity contribution in [1.82, 2.24) is 0 Å². The average Bonchev–Trinajstić information content (AvgIpc) is 2.32. The van der Waals surface area contributed by atoms with E-state index in [1.807, 2.05) is 20.8 Å². The standard InChI is InChI=1S/C15H24O3/c1-13(2,3)11-10-7-9(16)8-15(18-10,12(11)17)14(4,5)6/h10-11H,7-8H2,1-6H3. The molecule has 2 rings (SSSR count). The summed E-state index contributed by atoms with van der Waals surface area (Å²) in [4.78, 5) is 24.8. The van der Waals surface area contributed by atoms with Crippen LogP contribution in [0.25, 0.3) is 0 Å². The minimum Gasteiger partial charge on any atom is -0.362 e. The Bertz CT molecular complexity index is 397. The Morgan fingerprint density at radius 3 is 2.11 bits per heavy atom. The Balaban J connectivity index is 2.50. The summed E-state index contributed by atoms with van der Waals surface area (Å²) in [7, 11) is 0. The maximum absolute atomic E-state index is 12.9. The SMILES string of the molecule is CC(C)(C)C1C(=O)C2(C(C)(C)C)CC(=O)CC1O2. The van der Waals surface area contributed by atoms with Crippen molar-refractivity contribution in [3.05, 3.63) is 0 Å². The molecule has 2 fully saturated rings. The fourth-order valence-electron chi connectivity index (χ4n) is 3.43. The Labute approximate surface area is 109 Å². The van der Waals surface area contributed by atoms with Crippen LogP contribution in [0.2, 0.25) is 0 Å². The van der Waals surface area contributed by atoms with Gasteiger partial charge >= 0.3 is 0 Å². The molecule has 0 aromatic carbocycles. The van der Waals surface area contributed by atoms with Crippen molar-refractivity contribution in [3.63, 3.8) is 0 Å². The van der Waals surface area contributed by atoms with Crippen molar-refractivity contribution in [2.75, 3.05) is 0 Å². The molecule has 3 atom stereocenters. The summed E-state index contributed by atoms with van der Waals surface area (Å²) in [5, 5.41) is 0. The highest BCUT2D eigenvalue weighted by Crippen LogP contribution is 2.54. The summed E-state index contributed by atoms with van der Waals surface area (Å²) in [6.07, 6.45) is 0.419. The van der Waals surface area contributed by atoms with Crippen LogP contribution >= 0.6 is 0 Å². The maximum Gasteiger partial charge on any atom is 0.171 e. The first-order chi connectivity index (χ1) is 7.99. The topological polar surface area (TPSA) is 43.4 Å². The molecule has 0 saturated carbocycles. The molecular formula is C15H24O3. The van der Waals surface area contributed by atoms with Gasteiger partial charge in [-0.2, -0.15) is 0 Å². The summed E-state index contributed by atoms with van der Waals surface area (Å²) in [5.74, 6) is 0.141. The molecule has 102 valence electrons. The minimum atomic E-state index is -0.898. The van der Waals surface area contributed by atoms with Crippen LogP contribution < -0.4 is 0 Å². The molecule has 0 N–H and O–H groups in total. The highest BCUT2D eigenvalue weighted by molar-refractivity contribution is 6.00. The van der Waals surface area contributed by atoms with Crippen molar-refractivity contribution in [3.8, 4) is 0 Å². The molecule has 0 spiro atoms. The van der Waals surface area contributed by atoms with Gasteiger partial charge < -0.3 is 4.74 Å². The third-order valence-electron chi connectivity index (χ3n) is 4.42. The number of carbonyl (C=O) groups excluding carboxylic acids is 2. The molecule has 2 saturated heterocycles. The molecule has 0 radical (unpaired) electrons. The lowest BCUT2D eigenvalue weighted by Crippen LogP contribution is -2.52. The second kappa shape index (κ2) is 3.66. The van der Waals surface area contributed by atoms with Gasteiger partial charge in [-0.3, -0.25) is 9.59 Å². The van der Waals surface area contributed by atoms with Gasteiger partial charge in [0.15, 0.2) is 5.78 Å². The highest BCUT2D eigenvalue weighted by Gasteiger charge is 2.65. The van der Waals surface area contributed by atoms with Crippen molar-refractivity contribution >= 4 is 11.6 Å². The summed E-state index contributed by atoms with van der Waals surface area (Å²) in [5.41, 5.74) is -1.39. The zero-order valence-corrected chi connectivity index (χ0v) is 12.3. The molecule has 3 nitrogen and oxygen atoms in total. The Hall–Kier alpha value is -0.700. The molecule has 18 heavy (non-hydrogen) atoms. The van der Waals surface area contributed by atoms with Gasteiger partial charge in [0.1, 0.15) is 11.4 Å². The molecule has 0 aliphatic carbocycles. The molecular weight excluding hydrogens is 228 g/mol. The first-order valence-corrected chi connectivity index (χ1v) is 6.73. The van der Waals surface area contributed by atoms with Gasteiger partial charge in [-0.05, 0) is 10.8 Å². The number of ether oxygens (including phenoxy) is 1. The molecule has 2 bridgehead atoms. The molecule has 0 amide bonds. The van der Waals surface area contributed by atoms with Gasteiger partial charge in [0.05, 0.1) is 12.0 Å². The van der Waals surface area contributed by atoms with Crippen molar-refractivity contribution in [1.29, 1.82) is 0 Å². The lowest BCUT2D eigenvalue weighted by Gasteiger charge is -2.41. The van der Waals surface area contributed by atoms with E-state index in [9.17, 15) is 9.59 Å². The summed E-state index contributed by atoms with van der Waals surface area (Å²) < 4.78 is 6.10. The monoisotopic (exact) mass is 252 g/mol. The van der Waals surface area contributed by atoms with E-state index in [1.165, 1.54) is 0 Å². The van der Waals surface area contributed by atoms with E-state index in [0.717, 1.165) is 0 Å². The van der Waals surface area contributed by atoms with Crippen LogP contribution in [0.4, 0.5) is 0 Å². The molecule has 3 unspecified atom stereocenters. The molecule has 2 aliphatic rings. The second-order valence-corrected chi connectivity index (χ2v) is 7.86. The second-order valence-electron chi connectivity index (χ2n) is 7.86. The highest BCUT2D eigenvalue weighted by atomic mass is 16.5. The van der Waals surface area contributed by atoms with Gasteiger partial charge in [-0.15, -0.1) is 0 Å². The number of fused-ring (bicyclic) bond motifs is 2. The number of carbonyl (C=O) groups is 2. The van der Waals surface area contributed by atoms with E-state index >= 15 is 0 Å². The first kappa shape index (κ1) is 13.7. The first-order valence-electron chi connectivity index (χ1n) is 6.73. The molecule has 2 aliphatic heterocycles. The fourth-order valence-corrected chi connectivity index (χ4v) is 3.43. The van der Waals surface area contributed by atoms with Crippen LogP contribution in [-0.2, 0) is 14.3 Å². The smallest absolute Gasteiger partial charge is 0.171 e. The third kappa shape index (κ3) is 1.75. The van der Waals surface area contributed by atoms with Crippen LogP contribution in [-0.4, -0.2) is 23.3 Å². The lowest BCUT2D eigenvalue weighted by molar-refractivity contribution is -0.168. The predicted octanol–water partition coefficient (Wildman–Crippen LogP) is 2.76. The van der Waals surface area contributed by atoms with E-state index < -0.39 is 5.60 Å². The fraction of sp³-hybridized carbons (Fsp3) is 0.867. The van der Waals surface area contributed by atoms with Gasteiger partial charge in [-0.25, -0.2) is 0 Å². The molecule has 3 heteroatoms. The summed E-state index contributed by atoms with van der Waals surface area (Å²) in [6.45, 7) is 12.1. The number of Topliss-reactive ketones (excluding diaryl/α,β-unsaturated/α-hetero) is 2. The molecule has 0 aromatic rings. The van der Waals surface area contributed by atoms with E-state index in [1.54, 1.807) is 0 Å². The Kier molecular flexibility index (Phi) is 2.79. The maximum atomic E-state index is 12.9. The van der Waals surface area contributed by atoms with Gasteiger partial charge in [0.2, 0.25) is 0 Å².